The van der Waals surface area contributed by atoms with E-state index in [0.29, 0.717) is 6.04 Å². The van der Waals surface area contributed by atoms with Crippen molar-refractivity contribution in [3.05, 3.63) is 23.3 Å². The lowest BCUT2D eigenvalue weighted by atomic mass is 10.1. The molecule has 1 unspecified atom stereocenters. The molecule has 16 heavy (non-hydrogen) atoms. The Balaban J connectivity index is 2.18. The van der Waals surface area contributed by atoms with Gasteiger partial charge in [0.25, 0.3) is 0 Å². The average Bonchev–Trinajstić information content (AvgIpc) is 2.78. The minimum atomic E-state index is 0.562. The van der Waals surface area contributed by atoms with Crippen LogP contribution < -0.4 is 15.4 Å². The summed E-state index contributed by atoms with van der Waals surface area (Å²) in [6.45, 7) is 6.42. The summed E-state index contributed by atoms with van der Waals surface area (Å²) in [5.41, 5.74) is 3.73. The molecule has 2 rings (SSSR count). The van der Waals surface area contributed by atoms with Gasteiger partial charge in [-0.15, -0.1) is 0 Å². The summed E-state index contributed by atoms with van der Waals surface area (Å²) in [6, 6.07) is 4.71. The lowest BCUT2D eigenvalue weighted by Crippen LogP contribution is -2.22. The van der Waals surface area contributed by atoms with Crippen molar-refractivity contribution < 1.29 is 4.74 Å². The number of hydrogen-bond donors (Lipinski definition) is 2. The van der Waals surface area contributed by atoms with E-state index in [1.54, 1.807) is 7.11 Å². The molecular formula is C13H20N2O. The van der Waals surface area contributed by atoms with Crippen LogP contribution in [0.1, 0.15) is 17.5 Å². The van der Waals surface area contributed by atoms with Crippen LogP contribution in [0.15, 0.2) is 12.1 Å². The van der Waals surface area contributed by atoms with Crippen molar-refractivity contribution in [2.75, 3.05) is 25.5 Å². The Hall–Kier alpha value is -1.22. The number of benzene rings is 1. The zero-order valence-corrected chi connectivity index (χ0v) is 10.3. The number of nitrogens with one attached hydrogen (secondary N) is 2. The zero-order valence-electron chi connectivity index (χ0n) is 10.3. The summed E-state index contributed by atoms with van der Waals surface area (Å²) in [6.07, 6.45) is 1.20. The molecule has 88 valence electrons. The van der Waals surface area contributed by atoms with Crippen molar-refractivity contribution in [2.45, 2.75) is 26.3 Å². The van der Waals surface area contributed by atoms with E-state index in [9.17, 15) is 0 Å². The van der Waals surface area contributed by atoms with Gasteiger partial charge in [-0.1, -0.05) is 0 Å². The molecule has 1 saturated heterocycles. The number of hydrogen-bond acceptors (Lipinski definition) is 3. The van der Waals surface area contributed by atoms with E-state index in [-0.39, 0.29) is 0 Å². The van der Waals surface area contributed by atoms with Gasteiger partial charge in [0, 0.05) is 18.3 Å². The highest BCUT2D eigenvalue weighted by Gasteiger charge is 2.15. The summed E-state index contributed by atoms with van der Waals surface area (Å²) in [4.78, 5) is 0. The summed E-state index contributed by atoms with van der Waals surface area (Å²) in [5, 5.41) is 6.95. The van der Waals surface area contributed by atoms with E-state index >= 15 is 0 Å². The van der Waals surface area contributed by atoms with Gasteiger partial charge < -0.3 is 15.4 Å². The van der Waals surface area contributed by atoms with E-state index in [4.69, 9.17) is 4.74 Å². The molecule has 3 heteroatoms. The standard InChI is InChI=1S/C13H20N2O/c1-9-10(2)13(16-3)5-4-12(9)15-11-6-7-14-8-11/h4-5,11,14-15H,6-8H2,1-3H3. The minimum absolute atomic E-state index is 0.562. The minimum Gasteiger partial charge on any atom is -0.496 e. The van der Waals surface area contributed by atoms with E-state index in [2.05, 4.69) is 30.5 Å². The normalized spacial score (nSPS) is 19.8. The summed E-state index contributed by atoms with van der Waals surface area (Å²) in [7, 11) is 1.72. The number of anilines is 1. The fraction of sp³-hybridized carbons (Fsp3) is 0.538. The number of ether oxygens (including phenoxy) is 1. The molecule has 0 spiro atoms. The Bertz CT molecular complexity index is 370. The Morgan fingerprint density at radius 3 is 2.75 bits per heavy atom. The van der Waals surface area contributed by atoms with Crippen LogP contribution in [0.3, 0.4) is 0 Å². The average molecular weight is 220 g/mol. The molecule has 1 aromatic rings. The second kappa shape index (κ2) is 4.74. The molecule has 0 amide bonds. The monoisotopic (exact) mass is 220 g/mol. The third-order valence-electron chi connectivity index (χ3n) is 3.38. The fourth-order valence-electron chi connectivity index (χ4n) is 2.17. The SMILES string of the molecule is COc1ccc(NC2CCNC2)c(C)c1C. The van der Waals surface area contributed by atoms with Crippen molar-refractivity contribution >= 4 is 5.69 Å². The molecule has 0 radical (unpaired) electrons. The van der Waals surface area contributed by atoms with E-state index in [1.165, 1.54) is 23.2 Å². The molecule has 0 aliphatic carbocycles. The van der Waals surface area contributed by atoms with Crippen LogP contribution in [-0.4, -0.2) is 26.2 Å². The van der Waals surface area contributed by atoms with Crippen LogP contribution in [0, 0.1) is 13.8 Å². The lowest BCUT2D eigenvalue weighted by molar-refractivity contribution is 0.411. The first-order valence-electron chi connectivity index (χ1n) is 5.84. The fourth-order valence-corrected chi connectivity index (χ4v) is 2.17. The van der Waals surface area contributed by atoms with Gasteiger partial charge in [0.2, 0.25) is 0 Å². The molecule has 1 heterocycles. The van der Waals surface area contributed by atoms with Crippen molar-refractivity contribution in [1.29, 1.82) is 0 Å². The Morgan fingerprint density at radius 2 is 2.12 bits per heavy atom. The number of methoxy groups -OCH3 is 1. The van der Waals surface area contributed by atoms with Crippen molar-refractivity contribution in [1.82, 2.24) is 5.32 Å². The Labute approximate surface area is 97.2 Å². The van der Waals surface area contributed by atoms with Crippen LogP contribution in [-0.2, 0) is 0 Å². The first-order chi connectivity index (χ1) is 7.72. The van der Waals surface area contributed by atoms with E-state index in [0.717, 1.165) is 18.8 Å². The smallest absolute Gasteiger partial charge is 0.122 e. The second-order valence-corrected chi connectivity index (χ2v) is 4.40. The van der Waals surface area contributed by atoms with Crippen molar-refractivity contribution in [3.63, 3.8) is 0 Å². The molecule has 1 aromatic carbocycles. The second-order valence-electron chi connectivity index (χ2n) is 4.40. The van der Waals surface area contributed by atoms with Gasteiger partial charge in [0.15, 0.2) is 0 Å². The molecular weight excluding hydrogens is 200 g/mol. The predicted molar refractivity (Wildman–Crippen MR) is 67.4 cm³/mol. The highest BCUT2D eigenvalue weighted by molar-refractivity contribution is 5.58. The highest BCUT2D eigenvalue weighted by atomic mass is 16.5. The largest absolute Gasteiger partial charge is 0.496 e. The van der Waals surface area contributed by atoms with Gasteiger partial charge in [-0.3, -0.25) is 0 Å². The Morgan fingerprint density at radius 1 is 1.31 bits per heavy atom. The summed E-state index contributed by atoms with van der Waals surface area (Å²) in [5.74, 6) is 0.965. The van der Waals surface area contributed by atoms with Crippen molar-refractivity contribution in [2.24, 2.45) is 0 Å². The maximum Gasteiger partial charge on any atom is 0.122 e. The molecule has 2 N–H and O–H groups in total. The molecule has 1 fully saturated rings. The molecule has 0 aromatic heterocycles. The maximum atomic E-state index is 5.31. The molecule has 0 bridgehead atoms. The summed E-state index contributed by atoms with van der Waals surface area (Å²) < 4.78 is 5.31. The molecule has 0 saturated carbocycles. The van der Waals surface area contributed by atoms with Crippen molar-refractivity contribution in [3.8, 4) is 5.75 Å². The topological polar surface area (TPSA) is 33.3 Å². The third kappa shape index (κ3) is 2.14. The van der Waals surface area contributed by atoms with Gasteiger partial charge >= 0.3 is 0 Å². The summed E-state index contributed by atoms with van der Waals surface area (Å²) >= 11 is 0. The van der Waals surface area contributed by atoms with Crippen LogP contribution in [0.2, 0.25) is 0 Å². The molecule has 1 atom stereocenters. The molecule has 1 aliphatic heterocycles. The predicted octanol–water partition coefficient (Wildman–Crippen LogP) is 2.09. The quantitative estimate of drug-likeness (QED) is 0.818. The van der Waals surface area contributed by atoms with Crippen LogP contribution in [0.5, 0.6) is 5.75 Å². The van der Waals surface area contributed by atoms with Crippen LogP contribution in [0.25, 0.3) is 0 Å². The van der Waals surface area contributed by atoms with E-state index in [1.807, 2.05) is 6.07 Å². The van der Waals surface area contributed by atoms with Gasteiger partial charge in [-0.05, 0) is 50.1 Å². The molecule has 1 aliphatic rings. The number of rotatable bonds is 3. The molecule has 3 nitrogen and oxygen atoms in total. The third-order valence-corrected chi connectivity index (χ3v) is 3.38. The first-order valence-corrected chi connectivity index (χ1v) is 5.84. The highest BCUT2D eigenvalue weighted by Crippen LogP contribution is 2.28. The van der Waals surface area contributed by atoms with Gasteiger partial charge in [-0.25, -0.2) is 0 Å². The maximum absolute atomic E-state index is 5.31. The van der Waals surface area contributed by atoms with Crippen LogP contribution >= 0.6 is 0 Å². The van der Waals surface area contributed by atoms with Gasteiger partial charge in [-0.2, -0.15) is 0 Å². The van der Waals surface area contributed by atoms with Gasteiger partial charge in [0.1, 0.15) is 5.75 Å². The Kier molecular flexibility index (Phi) is 3.34. The zero-order chi connectivity index (χ0) is 11.5. The van der Waals surface area contributed by atoms with E-state index < -0.39 is 0 Å². The lowest BCUT2D eigenvalue weighted by Gasteiger charge is -2.18. The van der Waals surface area contributed by atoms with Gasteiger partial charge in [0.05, 0.1) is 7.11 Å². The van der Waals surface area contributed by atoms with Crippen LogP contribution in [0.4, 0.5) is 5.69 Å². The first kappa shape index (κ1) is 11.3.